The summed E-state index contributed by atoms with van der Waals surface area (Å²) in [6.07, 6.45) is 0.466. The van der Waals surface area contributed by atoms with E-state index in [1.165, 1.54) is 24.3 Å². The predicted octanol–water partition coefficient (Wildman–Crippen LogP) is 4.39. The van der Waals surface area contributed by atoms with Gasteiger partial charge in [-0.2, -0.15) is 0 Å². The molecule has 0 heterocycles. The third-order valence-corrected chi connectivity index (χ3v) is 3.76. The van der Waals surface area contributed by atoms with Crippen molar-refractivity contribution in [2.75, 3.05) is 11.9 Å². The minimum atomic E-state index is -0.715. The van der Waals surface area contributed by atoms with Crippen LogP contribution in [0.15, 0.2) is 30.3 Å². The number of aldehydes is 1. The zero-order valence-corrected chi connectivity index (χ0v) is 14.6. The smallest absolute Gasteiger partial charge is 0.311 e. The fourth-order valence-electron chi connectivity index (χ4n) is 1.85. The molecule has 2 aromatic carbocycles. The van der Waals surface area contributed by atoms with Crippen molar-refractivity contribution in [1.82, 2.24) is 0 Å². The molecule has 1 amide bonds. The first kappa shape index (κ1) is 19.0. The van der Waals surface area contributed by atoms with Gasteiger partial charge in [0.25, 0.3) is 5.91 Å². The van der Waals surface area contributed by atoms with E-state index in [0.29, 0.717) is 11.3 Å². The van der Waals surface area contributed by atoms with Gasteiger partial charge in [0, 0.05) is 16.7 Å². The molecule has 0 spiro atoms. The third kappa shape index (κ3) is 4.82. The Labute approximate surface area is 156 Å². The van der Waals surface area contributed by atoms with E-state index in [0.717, 1.165) is 6.07 Å². The lowest BCUT2D eigenvalue weighted by molar-refractivity contribution is -0.385. The molecule has 0 aromatic heterocycles. The van der Waals surface area contributed by atoms with E-state index in [1.807, 2.05) is 0 Å². The van der Waals surface area contributed by atoms with Gasteiger partial charge in [-0.15, -0.1) is 0 Å². The predicted molar refractivity (Wildman–Crippen MR) is 94.1 cm³/mol. The van der Waals surface area contributed by atoms with Gasteiger partial charge in [-0.1, -0.05) is 34.8 Å². The molecule has 0 fully saturated rings. The van der Waals surface area contributed by atoms with Gasteiger partial charge in [-0.05, 0) is 24.3 Å². The molecule has 0 saturated heterocycles. The number of anilines is 1. The van der Waals surface area contributed by atoms with E-state index in [1.54, 1.807) is 0 Å². The highest BCUT2D eigenvalue weighted by molar-refractivity contribution is 6.42. The average molecular weight is 404 g/mol. The number of rotatable bonds is 6. The molecule has 0 saturated carbocycles. The summed E-state index contributed by atoms with van der Waals surface area (Å²) < 4.78 is 5.15. The van der Waals surface area contributed by atoms with Gasteiger partial charge in [0.15, 0.2) is 12.4 Å². The molecule has 130 valence electrons. The van der Waals surface area contributed by atoms with E-state index >= 15 is 0 Å². The Morgan fingerprint density at radius 3 is 2.40 bits per heavy atom. The highest BCUT2D eigenvalue weighted by atomic mass is 35.5. The molecule has 0 aliphatic rings. The van der Waals surface area contributed by atoms with E-state index < -0.39 is 23.1 Å². The summed E-state index contributed by atoms with van der Waals surface area (Å²) >= 11 is 17.7. The van der Waals surface area contributed by atoms with Crippen molar-refractivity contribution in [3.05, 3.63) is 61.1 Å². The van der Waals surface area contributed by atoms with Crippen LogP contribution in [-0.2, 0) is 4.79 Å². The number of amides is 1. The normalized spacial score (nSPS) is 10.2. The van der Waals surface area contributed by atoms with Gasteiger partial charge in [0.1, 0.15) is 6.29 Å². The largest absolute Gasteiger partial charge is 0.477 e. The lowest BCUT2D eigenvalue weighted by Crippen LogP contribution is -2.21. The van der Waals surface area contributed by atoms with Gasteiger partial charge in [-0.3, -0.25) is 19.7 Å². The molecule has 10 heteroatoms. The van der Waals surface area contributed by atoms with E-state index in [-0.39, 0.29) is 27.0 Å². The number of ether oxygens (including phenoxy) is 1. The molecule has 0 aliphatic heterocycles. The summed E-state index contributed by atoms with van der Waals surface area (Å²) in [6, 6.07) is 6.41. The maximum atomic E-state index is 12.0. The van der Waals surface area contributed by atoms with Crippen LogP contribution in [0.4, 0.5) is 11.4 Å². The Morgan fingerprint density at radius 1 is 1.20 bits per heavy atom. The number of carbonyl (C=O) groups is 2. The van der Waals surface area contributed by atoms with Crippen molar-refractivity contribution in [2.24, 2.45) is 0 Å². The summed E-state index contributed by atoms with van der Waals surface area (Å²) in [5.41, 5.74) is -0.171. The number of halogens is 3. The van der Waals surface area contributed by atoms with E-state index in [9.17, 15) is 19.7 Å². The van der Waals surface area contributed by atoms with Crippen LogP contribution in [0.3, 0.4) is 0 Å². The molecule has 1 N–H and O–H groups in total. The van der Waals surface area contributed by atoms with E-state index in [2.05, 4.69) is 5.32 Å². The minimum absolute atomic E-state index is 0.114. The number of hydrogen-bond donors (Lipinski definition) is 1. The molecule has 0 atom stereocenters. The first-order valence-electron chi connectivity index (χ1n) is 6.62. The first-order chi connectivity index (χ1) is 11.8. The van der Waals surface area contributed by atoms with E-state index in [4.69, 9.17) is 39.5 Å². The van der Waals surface area contributed by atoms with Crippen LogP contribution in [0, 0.1) is 10.1 Å². The zero-order chi connectivity index (χ0) is 18.6. The average Bonchev–Trinajstić information content (AvgIpc) is 2.55. The summed E-state index contributed by atoms with van der Waals surface area (Å²) in [4.78, 5) is 32.9. The lowest BCUT2D eigenvalue weighted by atomic mass is 10.2. The summed E-state index contributed by atoms with van der Waals surface area (Å²) in [7, 11) is 0. The molecule has 0 aliphatic carbocycles. The number of nitro groups is 1. The highest BCUT2D eigenvalue weighted by Gasteiger charge is 2.18. The van der Waals surface area contributed by atoms with Crippen LogP contribution in [0.25, 0.3) is 0 Å². The summed E-state index contributed by atoms with van der Waals surface area (Å²) in [5, 5.41) is 14.0. The molecule has 2 rings (SSSR count). The van der Waals surface area contributed by atoms with Crippen molar-refractivity contribution in [3.63, 3.8) is 0 Å². The van der Waals surface area contributed by atoms with Crippen LogP contribution in [-0.4, -0.2) is 23.7 Å². The van der Waals surface area contributed by atoms with Gasteiger partial charge < -0.3 is 10.1 Å². The molecular weight excluding hydrogens is 395 g/mol. The Kier molecular flexibility index (Phi) is 6.19. The Morgan fingerprint density at radius 2 is 1.84 bits per heavy atom. The Hall–Kier alpha value is -2.35. The number of nitro benzene ring substituents is 1. The number of nitrogens with one attached hydrogen (secondary N) is 1. The van der Waals surface area contributed by atoms with Crippen LogP contribution in [0.1, 0.15) is 10.4 Å². The minimum Gasteiger partial charge on any atom is -0.477 e. The molecule has 0 bridgehead atoms. The Bertz CT molecular complexity index is 834. The van der Waals surface area contributed by atoms with Crippen LogP contribution in [0.5, 0.6) is 5.75 Å². The molecule has 0 unspecified atom stereocenters. The SMILES string of the molecule is O=Cc1ccc(OCC(=O)Nc2c(Cl)cc(Cl)cc2Cl)c([N+](=O)[O-])c1. The molecule has 0 radical (unpaired) electrons. The van der Waals surface area contributed by atoms with Crippen molar-refractivity contribution in [2.45, 2.75) is 0 Å². The number of carbonyl (C=O) groups excluding carboxylic acids is 2. The van der Waals surface area contributed by atoms with Crippen molar-refractivity contribution in [1.29, 1.82) is 0 Å². The topological polar surface area (TPSA) is 98.5 Å². The highest BCUT2D eigenvalue weighted by Crippen LogP contribution is 2.33. The molecular formula is C15H9Cl3N2O5. The number of benzene rings is 2. The maximum Gasteiger partial charge on any atom is 0.311 e. The Balaban J connectivity index is 2.11. The van der Waals surface area contributed by atoms with Crippen LogP contribution in [0.2, 0.25) is 15.1 Å². The second kappa shape index (κ2) is 8.15. The van der Waals surface area contributed by atoms with Crippen molar-refractivity contribution >= 4 is 58.4 Å². The monoisotopic (exact) mass is 402 g/mol. The van der Waals surface area contributed by atoms with Crippen LogP contribution < -0.4 is 10.1 Å². The van der Waals surface area contributed by atoms with Gasteiger partial charge in [0.2, 0.25) is 0 Å². The molecule has 7 nitrogen and oxygen atoms in total. The van der Waals surface area contributed by atoms with Crippen molar-refractivity contribution < 1.29 is 19.2 Å². The number of nitrogens with zero attached hydrogens (tertiary/aromatic N) is 1. The van der Waals surface area contributed by atoms with Crippen molar-refractivity contribution in [3.8, 4) is 5.75 Å². The fraction of sp³-hybridized carbons (Fsp3) is 0.0667. The third-order valence-electron chi connectivity index (χ3n) is 2.95. The summed E-state index contributed by atoms with van der Waals surface area (Å²) in [6.45, 7) is -0.531. The second-order valence-electron chi connectivity index (χ2n) is 4.68. The number of hydrogen-bond acceptors (Lipinski definition) is 5. The first-order valence-corrected chi connectivity index (χ1v) is 7.76. The standard InChI is InChI=1S/C15H9Cl3N2O5/c16-9-4-10(17)15(11(18)5-9)19-14(22)7-25-13-2-1-8(6-21)3-12(13)20(23)24/h1-6H,7H2,(H,19,22). The second-order valence-corrected chi connectivity index (χ2v) is 5.93. The van der Waals surface area contributed by atoms with Gasteiger partial charge in [0.05, 0.1) is 20.7 Å². The van der Waals surface area contributed by atoms with Gasteiger partial charge >= 0.3 is 5.69 Å². The quantitative estimate of drug-likeness (QED) is 0.438. The summed E-state index contributed by atoms with van der Waals surface area (Å²) in [5.74, 6) is -0.793. The molecule has 2 aromatic rings. The van der Waals surface area contributed by atoms with Crippen LogP contribution >= 0.6 is 34.8 Å². The lowest BCUT2D eigenvalue weighted by Gasteiger charge is -2.11. The zero-order valence-electron chi connectivity index (χ0n) is 12.3. The molecule has 25 heavy (non-hydrogen) atoms. The fourth-order valence-corrected chi connectivity index (χ4v) is 2.76. The maximum absolute atomic E-state index is 12.0. The van der Waals surface area contributed by atoms with Gasteiger partial charge in [-0.25, -0.2) is 0 Å².